The Labute approximate surface area is 155 Å². The van der Waals surface area contributed by atoms with E-state index >= 15 is 0 Å². The smallest absolute Gasteiger partial charge is 0.243 e. The first-order chi connectivity index (χ1) is 11.4. The van der Waals surface area contributed by atoms with E-state index in [0.29, 0.717) is 37.6 Å². The molecule has 0 aliphatic carbocycles. The minimum Gasteiger partial charge on any atom is -0.296 e. The Bertz CT molecular complexity index is 786. The molecule has 0 radical (unpaired) electrons. The predicted octanol–water partition coefficient (Wildman–Crippen LogP) is 2.94. The van der Waals surface area contributed by atoms with E-state index in [9.17, 15) is 12.8 Å². The molecule has 24 heavy (non-hydrogen) atoms. The van der Waals surface area contributed by atoms with Gasteiger partial charge in [0.15, 0.2) is 0 Å². The van der Waals surface area contributed by atoms with E-state index in [0.717, 1.165) is 9.13 Å². The molecule has 128 valence electrons. The summed E-state index contributed by atoms with van der Waals surface area (Å²) in [5.74, 6) is -0.243. The molecule has 0 saturated carbocycles. The zero-order valence-electron chi connectivity index (χ0n) is 13.0. The monoisotopic (exact) mass is 460 g/mol. The van der Waals surface area contributed by atoms with Crippen molar-refractivity contribution in [2.24, 2.45) is 0 Å². The zero-order valence-corrected chi connectivity index (χ0v) is 16.0. The topological polar surface area (TPSA) is 40.6 Å². The number of rotatable bonds is 4. The second kappa shape index (κ2) is 7.47. The summed E-state index contributed by atoms with van der Waals surface area (Å²) in [7, 11) is -3.43. The predicted molar refractivity (Wildman–Crippen MR) is 99.6 cm³/mol. The molecule has 0 spiro atoms. The highest BCUT2D eigenvalue weighted by Gasteiger charge is 2.28. The molecule has 1 saturated heterocycles. The molecule has 0 bridgehead atoms. The van der Waals surface area contributed by atoms with E-state index in [4.69, 9.17) is 0 Å². The molecule has 0 amide bonds. The highest BCUT2D eigenvalue weighted by atomic mass is 127. The molecule has 2 aromatic rings. The number of sulfonamides is 1. The van der Waals surface area contributed by atoms with Crippen molar-refractivity contribution in [3.05, 3.63) is 63.5 Å². The first-order valence-electron chi connectivity index (χ1n) is 7.68. The molecular weight excluding hydrogens is 442 g/mol. The molecule has 4 nitrogen and oxygen atoms in total. The second-order valence-corrected chi connectivity index (χ2v) is 8.94. The molecule has 7 heteroatoms. The van der Waals surface area contributed by atoms with Crippen LogP contribution in [-0.4, -0.2) is 43.8 Å². The highest BCUT2D eigenvalue weighted by Crippen LogP contribution is 2.19. The van der Waals surface area contributed by atoms with Crippen LogP contribution in [0.3, 0.4) is 0 Å². The van der Waals surface area contributed by atoms with Crippen molar-refractivity contribution < 1.29 is 12.8 Å². The average Bonchev–Trinajstić information content (AvgIpc) is 2.58. The van der Waals surface area contributed by atoms with Gasteiger partial charge in [-0.3, -0.25) is 4.90 Å². The lowest BCUT2D eigenvalue weighted by Crippen LogP contribution is -2.48. The maximum atomic E-state index is 12.9. The van der Waals surface area contributed by atoms with E-state index in [1.165, 1.54) is 16.4 Å². The normalized spacial score (nSPS) is 17.1. The fraction of sp³-hybridized carbons (Fsp3) is 0.294. The van der Waals surface area contributed by atoms with Gasteiger partial charge in [0.2, 0.25) is 10.0 Å². The Kier molecular flexibility index (Phi) is 5.53. The summed E-state index contributed by atoms with van der Waals surface area (Å²) in [6, 6.07) is 13.4. The van der Waals surface area contributed by atoms with Crippen molar-refractivity contribution in [2.45, 2.75) is 11.4 Å². The maximum Gasteiger partial charge on any atom is 0.243 e. The van der Waals surface area contributed by atoms with Crippen LogP contribution in [-0.2, 0) is 16.6 Å². The molecule has 1 aliphatic heterocycles. The van der Waals surface area contributed by atoms with E-state index < -0.39 is 10.0 Å². The van der Waals surface area contributed by atoms with Crippen molar-refractivity contribution in [3.8, 4) is 0 Å². The minimum atomic E-state index is -3.43. The first-order valence-corrected chi connectivity index (χ1v) is 10.2. The lowest BCUT2D eigenvalue weighted by atomic mass is 10.2. The summed E-state index contributed by atoms with van der Waals surface area (Å²) in [6.07, 6.45) is 0. The van der Waals surface area contributed by atoms with Gasteiger partial charge >= 0.3 is 0 Å². The third-order valence-corrected chi connectivity index (χ3v) is 6.73. The molecule has 0 N–H and O–H groups in total. The summed E-state index contributed by atoms with van der Waals surface area (Å²) in [6.45, 7) is 2.98. The van der Waals surface area contributed by atoms with Crippen LogP contribution in [0, 0.1) is 9.39 Å². The van der Waals surface area contributed by atoms with Crippen LogP contribution >= 0.6 is 22.6 Å². The fourth-order valence-electron chi connectivity index (χ4n) is 2.73. The van der Waals surface area contributed by atoms with Gasteiger partial charge in [-0.25, -0.2) is 12.8 Å². The van der Waals surface area contributed by atoms with Gasteiger partial charge in [-0.05, 0) is 64.6 Å². The van der Waals surface area contributed by atoms with Crippen LogP contribution in [0.25, 0.3) is 0 Å². The standard InChI is InChI=1S/C17H18FIN2O2S/c18-15-3-1-14(2-4-15)13-20-9-11-21(12-10-20)24(22,23)17-7-5-16(19)6-8-17/h1-8H,9-13H2. The highest BCUT2D eigenvalue weighted by molar-refractivity contribution is 14.1. The van der Waals surface area contributed by atoms with Crippen LogP contribution in [0.5, 0.6) is 0 Å². The van der Waals surface area contributed by atoms with Crippen LogP contribution in [0.1, 0.15) is 5.56 Å². The van der Waals surface area contributed by atoms with Crippen molar-refractivity contribution in [3.63, 3.8) is 0 Å². The van der Waals surface area contributed by atoms with Gasteiger partial charge in [-0.15, -0.1) is 0 Å². The molecule has 1 aliphatic rings. The van der Waals surface area contributed by atoms with Gasteiger partial charge in [0, 0.05) is 36.3 Å². The zero-order chi connectivity index (χ0) is 17.2. The molecule has 1 fully saturated rings. The SMILES string of the molecule is O=S(=O)(c1ccc(I)cc1)N1CCN(Cc2ccc(F)cc2)CC1. The van der Waals surface area contributed by atoms with Crippen molar-refractivity contribution in [1.82, 2.24) is 9.21 Å². The third-order valence-electron chi connectivity index (χ3n) is 4.10. The van der Waals surface area contributed by atoms with Gasteiger partial charge in [-0.2, -0.15) is 4.31 Å². The molecule has 0 atom stereocenters. The summed E-state index contributed by atoms with van der Waals surface area (Å²) < 4.78 is 40.8. The molecule has 0 unspecified atom stereocenters. The number of halogens is 2. The molecule has 2 aromatic carbocycles. The lowest BCUT2D eigenvalue weighted by molar-refractivity contribution is 0.181. The number of piperazine rings is 1. The Morgan fingerprint density at radius 2 is 1.50 bits per heavy atom. The van der Waals surface area contributed by atoms with Gasteiger partial charge in [0.05, 0.1) is 4.90 Å². The summed E-state index contributed by atoms with van der Waals surface area (Å²) in [5, 5.41) is 0. The van der Waals surface area contributed by atoms with E-state index in [2.05, 4.69) is 27.5 Å². The van der Waals surface area contributed by atoms with E-state index in [1.807, 2.05) is 0 Å². The third kappa shape index (κ3) is 4.14. The van der Waals surface area contributed by atoms with Crippen LogP contribution < -0.4 is 0 Å². The van der Waals surface area contributed by atoms with Crippen LogP contribution in [0.15, 0.2) is 53.4 Å². The Morgan fingerprint density at radius 1 is 0.917 bits per heavy atom. The first kappa shape index (κ1) is 17.8. The Morgan fingerprint density at radius 3 is 2.08 bits per heavy atom. The number of benzene rings is 2. The Hall–Kier alpha value is -1.03. The quantitative estimate of drug-likeness (QED) is 0.660. The average molecular weight is 460 g/mol. The summed E-state index contributed by atoms with van der Waals surface area (Å²) in [4.78, 5) is 2.53. The van der Waals surface area contributed by atoms with Gasteiger partial charge < -0.3 is 0 Å². The van der Waals surface area contributed by atoms with E-state index in [1.54, 1.807) is 36.4 Å². The van der Waals surface area contributed by atoms with Gasteiger partial charge in [-0.1, -0.05) is 12.1 Å². The van der Waals surface area contributed by atoms with Gasteiger partial charge in [0.1, 0.15) is 5.82 Å². The molecule has 3 rings (SSSR count). The fourth-order valence-corrected chi connectivity index (χ4v) is 4.51. The summed E-state index contributed by atoms with van der Waals surface area (Å²) in [5.41, 5.74) is 1.03. The maximum absolute atomic E-state index is 12.9. The lowest BCUT2D eigenvalue weighted by Gasteiger charge is -2.34. The van der Waals surface area contributed by atoms with Crippen molar-refractivity contribution in [1.29, 1.82) is 0 Å². The summed E-state index contributed by atoms with van der Waals surface area (Å²) >= 11 is 2.16. The number of hydrogen-bond donors (Lipinski definition) is 0. The van der Waals surface area contributed by atoms with Crippen molar-refractivity contribution >= 4 is 32.6 Å². The molecular formula is C17H18FIN2O2S. The van der Waals surface area contributed by atoms with Crippen molar-refractivity contribution in [2.75, 3.05) is 26.2 Å². The second-order valence-electron chi connectivity index (χ2n) is 5.76. The number of nitrogens with zero attached hydrogens (tertiary/aromatic N) is 2. The van der Waals surface area contributed by atoms with Crippen LogP contribution in [0.2, 0.25) is 0 Å². The molecule has 1 heterocycles. The van der Waals surface area contributed by atoms with E-state index in [-0.39, 0.29) is 5.82 Å². The van der Waals surface area contributed by atoms with Crippen LogP contribution in [0.4, 0.5) is 4.39 Å². The number of hydrogen-bond acceptors (Lipinski definition) is 3. The van der Waals surface area contributed by atoms with Gasteiger partial charge in [0.25, 0.3) is 0 Å². The molecule has 0 aromatic heterocycles. The minimum absolute atomic E-state index is 0.243. The largest absolute Gasteiger partial charge is 0.296 e. The Balaban J connectivity index is 1.62.